The van der Waals surface area contributed by atoms with Gasteiger partial charge in [-0.05, 0) is 44.5 Å². The highest BCUT2D eigenvalue weighted by Gasteiger charge is 2.14. The van der Waals surface area contributed by atoms with Crippen molar-refractivity contribution in [1.82, 2.24) is 5.32 Å². The monoisotopic (exact) mass is 291 g/mol. The molecule has 0 aromatic carbocycles. The topological polar surface area (TPSA) is 59.3 Å². The molecule has 2 aromatic rings. The fourth-order valence-corrected chi connectivity index (χ4v) is 2.63. The first-order chi connectivity index (χ1) is 9.56. The Morgan fingerprint density at radius 1 is 1.30 bits per heavy atom. The summed E-state index contributed by atoms with van der Waals surface area (Å²) in [6.07, 6.45) is 3.25. The fraction of sp³-hybridized carbons (Fsp3) is 0.333. The van der Waals surface area contributed by atoms with E-state index in [9.17, 15) is 9.59 Å². The van der Waals surface area contributed by atoms with Crippen LogP contribution in [0.1, 0.15) is 45.4 Å². The number of Topliss-reactive ketones (excluding diaryl/α,β-unsaturated/α-hetero) is 1. The molecule has 0 saturated carbocycles. The molecule has 1 N–H and O–H groups in total. The van der Waals surface area contributed by atoms with E-state index in [2.05, 4.69) is 5.32 Å². The lowest BCUT2D eigenvalue weighted by molar-refractivity contribution is 0.0941. The first-order valence-electron chi connectivity index (χ1n) is 6.50. The van der Waals surface area contributed by atoms with Crippen LogP contribution in [-0.2, 0) is 6.42 Å². The zero-order chi connectivity index (χ0) is 14.5. The van der Waals surface area contributed by atoms with Gasteiger partial charge in [-0.2, -0.15) is 0 Å². The van der Waals surface area contributed by atoms with Crippen LogP contribution in [0.5, 0.6) is 0 Å². The van der Waals surface area contributed by atoms with Crippen molar-refractivity contribution < 1.29 is 14.0 Å². The van der Waals surface area contributed by atoms with Gasteiger partial charge in [-0.25, -0.2) is 0 Å². The van der Waals surface area contributed by atoms with Crippen molar-refractivity contribution in [3.05, 3.63) is 46.0 Å². The van der Waals surface area contributed by atoms with Crippen molar-refractivity contribution in [1.29, 1.82) is 0 Å². The van der Waals surface area contributed by atoms with Crippen LogP contribution in [0.25, 0.3) is 0 Å². The van der Waals surface area contributed by atoms with Crippen molar-refractivity contribution in [2.24, 2.45) is 0 Å². The van der Waals surface area contributed by atoms with E-state index >= 15 is 0 Å². The van der Waals surface area contributed by atoms with Crippen LogP contribution in [0.2, 0.25) is 0 Å². The summed E-state index contributed by atoms with van der Waals surface area (Å²) in [5.41, 5.74) is 0. The predicted molar refractivity (Wildman–Crippen MR) is 78.3 cm³/mol. The Hall–Kier alpha value is -1.88. The highest BCUT2D eigenvalue weighted by Crippen LogP contribution is 2.17. The molecule has 0 bridgehead atoms. The smallest absolute Gasteiger partial charge is 0.261 e. The molecule has 0 aliphatic heterocycles. The lowest BCUT2D eigenvalue weighted by Gasteiger charge is -2.12. The summed E-state index contributed by atoms with van der Waals surface area (Å²) in [4.78, 5) is 24.4. The predicted octanol–water partition coefficient (Wildman–Crippen LogP) is 3.29. The Morgan fingerprint density at radius 3 is 2.65 bits per heavy atom. The number of ketones is 1. The molecule has 2 rings (SSSR count). The zero-order valence-electron chi connectivity index (χ0n) is 11.5. The lowest BCUT2D eigenvalue weighted by atomic mass is 10.1. The van der Waals surface area contributed by atoms with Crippen LogP contribution in [0, 0.1) is 0 Å². The van der Waals surface area contributed by atoms with Crippen LogP contribution >= 0.6 is 11.3 Å². The van der Waals surface area contributed by atoms with Gasteiger partial charge in [0, 0.05) is 12.5 Å². The van der Waals surface area contributed by atoms with Crippen molar-refractivity contribution in [2.75, 3.05) is 0 Å². The first-order valence-corrected chi connectivity index (χ1v) is 7.32. The number of furan rings is 1. The summed E-state index contributed by atoms with van der Waals surface area (Å²) in [7, 11) is 0. The molecule has 0 aliphatic carbocycles. The molecule has 20 heavy (non-hydrogen) atoms. The average molecular weight is 291 g/mol. The number of amides is 1. The third-order valence-electron chi connectivity index (χ3n) is 2.96. The van der Waals surface area contributed by atoms with Gasteiger partial charge in [-0.3, -0.25) is 9.59 Å². The molecule has 106 valence electrons. The Kier molecular flexibility index (Phi) is 4.74. The van der Waals surface area contributed by atoms with Crippen molar-refractivity contribution in [3.63, 3.8) is 0 Å². The molecule has 0 saturated heterocycles. The van der Waals surface area contributed by atoms with E-state index < -0.39 is 0 Å². The van der Waals surface area contributed by atoms with E-state index in [0.29, 0.717) is 9.75 Å². The number of thiophene rings is 1. The molecule has 0 spiro atoms. The van der Waals surface area contributed by atoms with Gasteiger partial charge in [0.25, 0.3) is 5.91 Å². The van der Waals surface area contributed by atoms with Gasteiger partial charge >= 0.3 is 0 Å². The molecular weight excluding hydrogens is 274 g/mol. The normalized spacial score (nSPS) is 12.1. The van der Waals surface area contributed by atoms with Crippen LogP contribution in [0.4, 0.5) is 0 Å². The number of hydrogen-bond acceptors (Lipinski definition) is 4. The van der Waals surface area contributed by atoms with Crippen LogP contribution < -0.4 is 5.32 Å². The molecule has 0 aliphatic rings. The number of carbonyl (C=O) groups excluding carboxylic acids is 2. The summed E-state index contributed by atoms with van der Waals surface area (Å²) >= 11 is 1.23. The van der Waals surface area contributed by atoms with Gasteiger partial charge < -0.3 is 9.73 Å². The molecule has 1 unspecified atom stereocenters. The Bertz CT molecular complexity index is 586. The zero-order valence-corrected chi connectivity index (χ0v) is 12.3. The quantitative estimate of drug-likeness (QED) is 0.831. The van der Waals surface area contributed by atoms with Gasteiger partial charge in [0.1, 0.15) is 5.76 Å². The maximum atomic E-state index is 12.0. The summed E-state index contributed by atoms with van der Waals surface area (Å²) in [6.45, 7) is 3.46. The molecule has 5 heteroatoms. The van der Waals surface area contributed by atoms with Gasteiger partial charge in [0.2, 0.25) is 0 Å². The number of carbonyl (C=O) groups is 2. The third kappa shape index (κ3) is 3.81. The maximum absolute atomic E-state index is 12.0. The van der Waals surface area contributed by atoms with Crippen molar-refractivity contribution >= 4 is 23.0 Å². The molecule has 2 aromatic heterocycles. The van der Waals surface area contributed by atoms with Gasteiger partial charge in [-0.1, -0.05) is 0 Å². The fourth-order valence-electron chi connectivity index (χ4n) is 1.83. The van der Waals surface area contributed by atoms with Gasteiger partial charge in [0.05, 0.1) is 16.0 Å². The number of nitrogens with one attached hydrogen (secondary N) is 1. The SMILES string of the molecule is CC(=O)c1ccc(C(=O)NC(C)CCc2ccco2)s1. The van der Waals surface area contributed by atoms with Crippen LogP contribution in [-0.4, -0.2) is 17.7 Å². The van der Waals surface area contributed by atoms with Crippen molar-refractivity contribution in [2.45, 2.75) is 32.7 Å². The largest absolute Gasteiger partial charge is 0.469 e. The minimum atomic E-state index is -0.130. The minimum absolute atomic E-state index is 0.0140. The van der Waals surface area contributed by atoms with E-state index in [1.165, 1.54) is 18.3 Å². The van der Waals surface area contributed by atoms with Gasteiger partial charge in [-0.15, -0.1) is 11.3 Å². The van der Waals surface area contributed by atoms with Crippen molar-refractivity contribution in [3.8, 4) is 0 Å². The highest BCUT2D eigenvalue weighted by atomic mass is 32.1. The van der Waals surface area contributed by atoms with E-state index in [-0.39, 0.29) is 17.7 Å². The number of hydrogen-bond donors (Lipinski definition) is 1. The second-order valence-corrected chi connectivity index (χ2v) is 5.80. The van der Waals surface area contributed by atoms with Gasteiger partial charge in [0.15, 0.2) is 5.78 Å². The van der Waals surface area contributed by atoms with E-state index in [1.54, 1.807) is 18.4 Å². The van der Waals surface area contributed by atoms with Crippen LogP contribution in [0.15, 0.2) is 34.9 Å². The third-order valence-corrected chi connectivity index (χ3v) is 4.14. The summed E-state index contributed by atoms with van der Waals surface area (Å²) in [5.74, 6) is 0.774. The molecular formula is C15H17NO3S. The summed E-state index contributed by atoms with van der Waals surface area (Å²) in [5, 5.41) is 2.93. The molecule has 4 nitrogen and oxygen atoms in total. The minimum Gasteiger partial charge on any atom is -0.469 e. The molecule has 0 radical (unpaired) electrons. The summed E-state index contributed by atoms with van der Waals surface area (Å²) in [6, 6.07) is 7.21. The maximum Gasteiger partial charge on any atom is 0.261 e. The highest BCUT2D eigenvalue weighted by molar-refractivity contribution is 7.15. The molecule has 0 fully saturated rings. The molecule has 1 atom stereocenters. The van der Waals surface area contributed by atoms with Crippen LogP contribution in [0.3, 0.4) is 0 Å². The standard InChI is InChI=1S/C15H17NO3S/c1-10(5-6-12-4-3-9-19-12)16-15(18)14-8-7-13(20-14)11(2)17/h3-4,7-10H,5-6H2,1-2H3,(H,16,18). The number of aryl methyl sites for hydroxylation is 1. The first kappa shape index (κ1) is 14.5. The Labute approximate surface area is 121 Å². The van der Waals surface area contributed by atoms with E-state index in [1.807, 2.05) is 19.1 Å². The Balaban J connectivity index is 1.85. The Morgan fingerprint density at radius 2 is 2.05 bits per heavy atom. The second kappa shape index (κ2) is 6.52. The lowest BCUT2D eigenvalue weighted by Crippen LogP contribution is -2.32. The number of rotatable bonds is 6. The second-order valence-electron chi connectivity index (χ2n) is 4.71. The molecule has 2 heterocycles. The summed E-state index contributed by atoms with van der Waals surface area (Å²) < 4.78 is 5.26. The van der Waals surface area contributed by atoms with E-state index in [4.69, 9.17) is 4.42 Å². The van der Waals surface area contributed by atoms with E-state index in [0.717, 1.165) is 18.6 Å². The average Bonchev–Trinajstić information content (AvgIpc) is 3.07. The molecule has 1 amide bonds.